The van der Waals surface area contributed by atoms with E-state index in [0.29, 0.717) is 13.2 Å². The normalized spacial score (nSPS) is 17.8. The Labute approximate surface area is 236 Å². The van der Waals surface area contributed by atoms with Crippen molar-refractivity contribution in [3.63, 3.8) is 0 Å². The summed E-state index contributed by atoms with van der Waals surface area (Å²) in [4.78, 5) is 38.0. The van der Waals surface area contributed by atoms with Crippen LogP contribution in [-0.4, -0.2) is 117 Å². The highest BCUT2D eigenvalue weighted by atomic mass is 16.6. The van der Waals surface area contributed by atoms with E-state index in [1.807, 2.05) is 38.4 Å². The summed E-state index contributed by atoms with van der Waals surface area (Å²) in [6.07, 6.45) is -0.990. The molecule has 0 aliphatic carbocycles. The molecular weight excluding hydrogens is 540 g/mol. The van der Waals surface area contributed by atoms with Gasteiger partial charge < -0.3 is 50.8 Å². The lowest BCUT2D eigenvalue weighted by molar-refractivity contribution is -0.363. The second-order valence-corrected chi connectivity index (χ2v) is 9.75. The monoisotopic (exact) mass is 576 g/mol. The molecule has 2 aromatic carbocycles. The molecule has 1 atom stereocenters. The lowest BCUT2D eigenvalue weighted by Gasteiger charge is -2.42. The molecule has 14 nitrogen and oxygen atoms in total. The highest BCUT2D eigenvalue weighted by Gasteiger charge is 2.63. The van der Waals surface area contributed by atoms with Gasteiger partial charge in [0, 0.05) is 31.9 Å². The number of ether oxygens (including phenoxy) is 1. The molecular formula is C27H36N4O10. The maximum Gasteiger partial charge on any atom is 0.281 e. The zero-order valence-electron chi connectivity index (χ0n) is 22.7. The number of anilines is 1. The van der Waals surface area contributed by atoms with Gasteiger partial charge in [-0.05, 0) is 37.4 Å². The fraction of sp³-hybridized carbons (Fsp3) is 0.444. The average Bonchev–Trinajstić information content (AvgIpc) is 3.14. The van der Waals surface area contributed by atoms with Gasteiger partial charge in [0.25, 0.3) is 23.4 Å². The van der Waals surface area contributed by atoms with Crippen molar-refractivity contribution in [2.75, 3.05) is 45.7 Å². The first-order chi connectivity index (χ1) is 19.3. The van der Waals surface area contributed by atoms with Gasteiger partial charge in [-0.1, -0.05) is 30.3 Å². The van der Waals surface area contributed by atoms with Gasteiger partial charge in [0.15, 0.2) is 12.3 Å². The Bertz CT molecular complexity index is 1230. The van der Waals surface area contributed by atoms with E-state index in [9.17, 15) is 45.0 Å². The largest absolute Gasteiger partial charge is 0.380 e. The van der Waals surface area contributed by atoms with Crippen LogP contribution < -0.4 is 10.6 Å². The second-order valence-electron chi connectivity index (χ2n) is 9.75. The van der Waals surface area contributed by atoms with Gasteiger partial charge in [-0.2, -0.15) is 0 Å². The van der Waals surface area contributed by atoms with Crippen LogP contribution in [0.1, 0.15) is 27.0 Å². The first-order valence-electron chi connectivity index (χ1n) is 12.8. The molecule has 0 spiro atoms. The van der Waals surface area contributed by atoms with E-state index < -0.39 is 41.3 Å². The number of fused-ring (bicyclic) bond motifs is 1. The van der Waals surface area contributed by atoms with Crippen LogP contribution in [0.15, 0.2) is 42.5 Å². The van der Waals surface area contributed by atoms with Crippen molar-refractivity contribution in [2.24, 2.45) is 0 Å². The number of nitrogens with zero attached hydrogens (tertiary/aromatic N) is 2. The Hall–Kier alpha value is -3.31. The lowest BCUT2D eigenvalue weighted by atomic mass is 9.97. The number of carbonyl (C=O) groups is 3. The summed E-state index contributed by atoms with van der Waals surface area (Å²) < 4.78 is 5.37. The molecule has 2 aromatic rings. The number of amides is 1. The Balaban J connectivity index is 0.00000147. The molecule has 1 saturated heterocycles. The fourth-order valence-electron chi connectivity index (χ4n) is 4.64. The molecule has 0 saturated carbocycles. The van der Waals surface area contributed by atoms with Crippen LogP contribution in [0, 0.1) is 0 Å². The van der Waals surface area contributed by atoms with Crippen LogP contribution >= 0.6 is 0 Å². The molecule has 1 amide bonds. The Morgan fingerprint density at radius 1 is 1.02 bits per heavy atom. The number of hydrogen-bond donors (Lipinski definition) is 8. The smallest absolute Gasteiger partial charge is 0.281 e. The van der Waals surface area contributed by atoms with Crippen LogP contribution in [-0.2, 0) is 33.3 Å². The number of aldehydes is 2. The molecule has 1 unspecified atom stereocenters. The van der Waals surface area contributed by atoms with Crippen LogP contribution in [0.5, 0.6) is 0 Å². The first kappa shape index (κ1) is 32.2. The summed E-state index contributed by atoms with van der Waals surface area (Å²) in [6, 6.07) is 9.14. The van der Waals surface area contributed by atoms with E-state index >= 15 is 0 Å². The van der Waals surface area contributed by atoms with Gasteiger partial charge >= 0.3 is 0 Å². The number of nitrogens with one attached hydrogen (secondary N) is 2. The molecule has 41 heavy (non-hydrogen) atoms. The van der Waals surface area contributed by atoms with Gasteiger partial charge in [0.05, 0.1) is 24.3 Å². The van der Waals surface area contributed by atoms with E-state index in [-0.39, 0.29) is 29.0 Å². The zero-order chi connectivity index (χ0) is 30.4. The maximum absolute atomic E-state index is 13.1. The number of hydrogen-bond acceptors (Lipinski definition) is 13. The molecule has 2 aliphatic rings. The standard InChI is InChI=1S/C25H29N3O10.C2H7N/c29-14-20(24(34,35)23(32,33)15-30)28-22(31)18-5-2-6-19(21(18)25(28,36)37)26-12-16-3-1-4-17(11-16)13-27-7-9-38-10-8-27;1-3-2/h1-6,11,14-15,20,26,32-37H,7-10,12-13H2;3H,1-2H3. The SMILES string of the molecule is CNC.O=CC(N1C(=O)c2cccc(NCc3cccc(CN4CCOCC4)c3)c2C1(O)O)C(O)(O)C(O)(O)C=O. The molecule has 2 heterocycles. The molecule has 2 aliphatic heterocycles. The van der Waals surface area contributed by atoms with Gasteiger partial charge in [0.2, 0.25) is 0 Å². The van der Waals surface area contributed by atoms with Crippen molar-refractivity contribution in [1.29, 1.82) is 0 Å². The second kappa shape index (κ2) is 13.1. The minimum Gasteiger partial charge on any atom is -0.380 e. The molecule has 4 rings (SSSR count). The number of carbonyl (C=O) groups excluding carboxylic acids is 3. The van der Waals surface area contributed by atoms with Crippen molar-refractivity contribution in [3.8, 4) is 0 Å². The van der Waals surface area contributed by atoms with Gasteiger partial charge in [-0.25, -0.2) is 0 Å². The van der Waals surface area contributed by atoms with E-state index in [4.69, 9.17) is 4.74 Å². The topological polar surface area (TPSA) is 212 Å². The summed E-state index contributed by atoms with van der Waals surface area (Å²) >= 11 is 0. The third-order valence-electron chi connectivity index (χ3n) is 6.69. The molecule has 8 N–H and O–H groups in total. The predicted octanol–water partition coefficient (Wildman–Crippen LogP) is -2.35. The predicted molar refractivity (Wildman–Crippen MR) is 144 cm³/mol. The zero-order valence-corrected chi connectivity index (χ0v) is 22.7. The van der Waals surface area contributed by atoms with Crippen molar-refractivity contribution < 1.29 is 49.8 Å². The third-order valence-corrected chi connectivity index (χ3v) is 6.69. The fourth-order valence-corrected chi connectivity index (χ4v) is 4.64. The minimum absolute atomic E-state index is 0.0382. The molecule has 224 valence electrons. The Morgan fingerprint density at radius 3 is 2.24 bits per heavy atom. The summed E-state index contributed by atoms with van der Waals surface area (Å²) in [5, 5.41) is 67.5. The van der Waals surface area contributed by atoms with Crippen LogP contribution in [0.3, 0.4) is 0 Å². The lowest BCUT2D eigenvalue weighted by Crippen LogP contribution is -2.70. The van der Waals surface area contributed by atoms with Crippen molar-refractivity contribution in [2.45, 2.75) is 36.6 Å². The number of aliphatic hydroxyl groups is 6. The molecule has 0 bridgehead atoms. The Morgan fingerprint density at radius 2 is 1.63 bits per heavy atom. The highest BCUT2D eigenvalue weighted by Crippen LogP contribution is 2.43. The average molecular weight is 577 g/mol. The van der Waals surface area contributed by atoms with Crippen LogP contribution in [0.25, 0.3) is 0 Å². The summed E-state index contributed by atoms with van der Waals surface area (Å²) in [7, 11) is 3.75. The molecule has 1 fully saturated rings. The Kier molecular flexibility index (Phi) is 10.3. The van der Waals surface area contributed by atoms with Gasteiger partial charge in [-0.15, -0.1) is 0 Å². The number of rotatable bonds is 10. The number of morpholine rings is 1. The minimum atomic E-state index is -3.99. The van der Waals surface area contributed by atoms with Crippen molar-refractivity contribution in [3.05, 3.63) is 64.7 Å². The first-order valence-corrected chi connectivity index (χ1v) is 12.8. The van der Waals surface area contributed by atoms with E-state index in [0.717, 1.165) is 30.8 Å². The molecule has 14 heteroatoms. The van der Waals surface area contributed by atoms with Crippen LogP contribution in [0.4, 0.5) is 5.69 Å². The highest BCUT2D eigenvalue weighted by molar-refractivity contribution is 6.02. The molecule has 0 aromatic heterocycles. The molecule has 0 radical (unpaired) electrons. The summed E-state index contributed by atoms with van der Waals surface area (Å²) in [5.41, 5.74) is 1.30. The van der Waals surface area contributed by atoms with Crippen LogP contribution in [0.2, 0.25) is 0 Å². The van der Waals surface area contributed by atoms with E-state index in [1.54, 1.807) is 0 Å². The van der Waals surface area contributed by atoms with E-state index in [2.05, 4.69) is 15.5 Å². The quantitative estimate of drug-likeness (QED) is 0.110. The van der Waals surface area contributed by atoms with Crippen molar-refractivity contribution in [1.82, 2.24) is 15.1 Å². The maximum atomic E-state index is 13.1. The van der Waals surface area contributed by atoms with Gasteiger partial charge in [0.1, 0.15) is 6.29 Å². The van der Waals surface area contributed by atoms with Gasteiger partial charge in [-0.3, -0.25) is 19.4 Å². The van der Waals surface area contributed by atoms with E-state index in [1.165, 1.54) is 18.2 Å². The third kappa shape index (κ3) is 6.62. The van der Waals surface area contributed by atoms with Crippen molar-refractivity contribution >= 4 is 24.2 Å². The summed E-state index contributed by atoms with van der Waals surface area (Å²) in [6.45, 7) is 3.93. The number of benzene rings is 2. The summed E-state index contributed by atoms with van der Waals surface area (Å²) in [5.74, 6) is -12.4.